The number of nitrogens with zero attached hydrogens (tertiary/aromatic N) is 1. The molecule has 3 aromatic carbocycles. The summed E-state index contributed by atoms with van der Waals surface area (Å²) in [5.74, 6) is -0.252. The lowest BCUT2D eigenvalue weighted by atomic mass is 10.1. The average molecular weight is 413 g/mol. The van der Waals surface area contributed by atoms with E-state index in [1.165, 1.54) is 12.1 Å². The Morgan fingerprint density at radius 1 is 0.964 bits per heavy atom. The fraction of sp³-hybridized carbons (Fsp3) is 0.0952. The number of benzene rings is 3. The van der Waals surface area contributed by atoms with Crippen LogP contribution in [-0.4, -0.2) is 20.9 Å². The zero-order valence-corrected chi connectivity index (χ0v) is 16.4. The van der Waals surface area contributed by atoms with Crippen LogP contribution in [-0.2, 0) is 16.4 Å². The second kappa shape index (κ2) is 7.30. The van der Waals surface area contributed by atoms with Crippen LogP contribution in [0.1, 0.15) is 15.9 Å². The predicted octanol–water partition coefficient (Wildman–Crippen LogP) is 4.34. The normalized spacial score (nSPS) is 13.2. The lowest BCUT2D eigenvalue weighted by Gasteiger charge is -2.18. The summed E-state index contributed by atoms with van der Waals surface area (Å²) >= 11 is 6.15. The number of amides is 1. The van der Waals surface area contributed by atoms with Gasteiger partial charge in [0, 0.05) is 23.5 Å². The van der Waals surface area contributed by atoms with Gasteiger partial charge in [0.15, 0.2) is 0 Å². The SMILES string of the molecule is O=C(c1ccc(Cl)c(S(=O)(=O)Nc2ccccc2)c1)N1CCc2ccccc21. The second-order valence-corrected chi connectivity index (χ2v) is 8.51. The number of hydrogen-bond acceptors (Lipinski definition) is 3. The van der Waals surface area contributed by atoms with Crippen molar-refractivity contribution in [3.05, 3.63) is 88.9 Å². The standard InChI is InChI=1S/C21H17ClN2O3S/c22-18-11-10-16(21(25)24-13-12-15-6-4-5-9-19(15)24)14-20(18)28(26,27)23-17-7-2-1-3-8-17/h1-11,14,23H,12-13H2. The summed E-state index contributed by atoms with van der Waals surface area (Å²) in [6.45, 7) is 0.561. The number of rotatable bonds is 4. The lowest BCUT2D eigenvalue weighted by molar-refractivity contribution is 0.0989. The summed E-state index contributed by atoms with van der Waals surface area (Å²) < 4.78 is 28.1. The zero-order chi connectivity index (χ0) is 19.7. The third-order valence-electron chi connectivity index (χ3n) is 4.63. The number of fused-ring (bicyclic) bond motifs is 1. The van der Waals surface area contributed by atoms with Crippen LogP contribution in [0.4, 0.5) is 11.4 Å². The van der Waals surface area contributed by atoms with E-state index in [1.54, 1.807) is 41.3 Å². The van der Waals surface area contributed by atoms with Gasteiger partial charge in [-0.3, -0.25) is 9.52 Å². The highest BCUT2D eigenvalue weighted by molar-refractivity contribution is 7.92. The molecule has 1 amide bonds. The van der Waals surface area contributed by atoms with E-state index in [0.29, 0.717) is 12.2 Å². The molecule has 0 aliphatic carbocycles. The molecule has 4 rings (SSSR count). The number of nitrogens with one attached hydrogen (secondary N) is 1. The first kappa shape index (κ1) is 18.5. The minimum absolute atomic E-state index is 0.0572. The quantitative estimate of drug-likeness (QED) is 0.693. The molecule has 3 aromatic rings. The van der Waals surface area contributed by atoms with E-state index in [1.807, 2.05) is 24.3 Å². The first-order valence-electron chi connectivity index (χ1n) is 8.73. The summed E-state index contributed by atoms with van der Waals surface area (Å²) in [5, 5.41) is 0.0572. The molecular formula is C21H17ClN2O3S. The third-order valence-corrected chi connectivity index (χ3v) is 6.49. The summed E-state index contributed by atoms with van der Waals surface area (Å²) in [6.07, 6.45) is 0.774. The van der Waals surface area contributed by atoms with Crippen molar-refractivity contribution in [2.45, 2.75) is 11.3 Å². The Hall–Kier alpha value is -2.83. The Morgan fingerprint density at radius 3 is 2.46 bits per heavy atom. The molecule has 28 heavy (non-hydrogen) atoms. The summed E-state index contributed by atoms with van der Waals surface area (Å²) in [4.78, 5) is 14.6. The molecule has 0 radical (unpaired) electrons. The van der Waals surface area contributed by atoms with Crippen molar-refractivity contribution < 1.29 is 13.2 Å². The Labute approximate surface area is 168 Å². The topological polar surface area (TPSA) is 66.5 Å². The smallest absolute Gasteiger partial charge is 0.263 e. The molecule has 0 bridgehead atoms. The molecule has 0 saturated heterocycles. The fourth-order valence-electron chi connectivity index (χ4n) is 3.26. The maximum Gasteiger partial charge on any atom is 0.263 e. The first-order chi connectivity index (χ1) is 13.5. The van der Waals surface area contributed by atoms with Gasteiger partial charge in [-0.1, -0.05) is 48.0 Å². The Balaban J connectivity index is 1.67. The van der Waals surface area contributed by atoms with Crippen molar-refractivity contribution in [3.8, 4) is 0 Å². The Morgan fingerprint density at radius 2 is 1.68 bits per heavy atom. The minimum atomic E-state index is -3.94. The molecule has 1 aliphatic rings. The molecule has 7 heteroatoms. The van der Waals surface area contributed by atoms with Gasteiger partial charge < -0.3 is 4.90 Å². The average Bonchev–Trinajstić information content (AvgIpc) is 3.12. The fourth-order valence-corrected chi connectivity index (χ4v) is 4.85. The molecule has 0 unspecified atom stereocenters. The molecule has 0 fully saturated rings. The van der Waals surface area contributed by atoms with E-state index in [9.17, 15) is 13.2 Å². The van der Waals surface area contributed by atoms with E-state index in [4.69, 9.17) is 11.6 Å². The van der Waals surface area contributed by atoms with Gasteiger partial charge >= 0.3 is 0 Å². The number of para-hydroxylation sites is 2. The van der Waals surface area contributed by atoms with Crippen LogP contribution < -0.4 is 9.62 Å². The van der Waals surface area contributed by atoms with E-state index in [-0.39, 0.29) is 21.4 Å². The van der Waals surface area contributed by atoms with Crippen LogP contribution in [0.25, 0.3) is 0 Å². The molecule has 1 aliphatic heterocycles. The number of carbonyl (C=O) groups is 1. The zero-order valence-electron chi connectivity index (χ0n) is 14.8. The van der Waals surface area contributed by atoms with Gasteiger partial charge in [-0.15, -0.1) is 0 Å². The first-order valence-corrected chi connectivity index (χ1v) is 10.6. The summed E-state index contributed by atoms with van der Waals surface area (Å²) in [7, 11) is -3.94. The van der Waals surface area contributed by atoms with Crippen LogP contribution >= 0.6 is 11.6 Å². The Bertz CT molecular complexity index is 1150. The van der Waals surface area contributed by atoms with Gasteiger partial charge in [0.1, 0.15) is 4.90 Å². The summed E-state index contributed by atoms with van der Waals surface area (Å²) in [5.41, 5.74) is 2.65. The molecule has 0 spiro atoms. The third kappa shape index (κ3) is 3.48. The van der Waals surface area contributed by atoms with Crippen molar-refractivity contribution in [1.82, 2.24) is 0 Å². The van der Waals surface area contributed by atoms with Crippen LogP contribution in [0, 0.1) is 0 Å². The molecular weight excluding hydrogens is 396 g/mol. The van der Waals surface area contributed by atoms with Crippen molar-refractivity contribution in [2.24, 2.45) is 0 Å². The second-order valence-electron chi connectivity index (χ2n) is 6.45. The van der Waals surface area contributed by atoms with Crippen molar-refractivity contribution in [2.75, 3.05) is 16.2 Å². The minimum Gasteiger partial charge on any atom is -0.308 e. The van der Waals surface area contributed by atoms with E-state index >= 15 is 0 Å². The van der Waals surface area contributed by atoms with Gasteiger partial charge in [0.25, 0.3) is 15.9 Å². The van der Waals surface area contributed by atoms with Crippen LogP contribution in [0.15, 0.2) is 77.7 Å². The lowest BCUT2D eigenvalue weighted by Crippen LogP contribution is -2.29. The molecule has 5 nitrogen and oxygen atoms in total. The number of sulfonamides is 1. The van der Waals surface area contributed by atoms with E-state index < -0.39 is 10.0 Å². The van der Waals surface area contributed by atoms with Gasteiger partial charge in [-0.25, -0.2) is 8.42 Å². The van der Waals surface area contributed by atoms with E-state index in [0.717, 1.165) is 17.7 Å². The molecule has 1 heterocycles. The number of hydrogen-bond donors (Lipinski definition) is 1. The number of carbonyl (C=O) groups excluding carboxylic acids is 1. The molecule has 142 valence electrons. The van der Waals surface area contributed by atoms with Gasteiger partial charge in [0.2, 0.25) is 0 Å². The monoisotopic (exact) mass is 412 g/mol. The largest absolute Gasteiger partial charge is 0.308 e. The highest BCUT2D eigenvalue weighted by Gasteiger charge is 2.27. The van der Waals surface area contributed by atoms with Crippen molar-refractivity contribution >= 4 is 38.9 Å². The highest BCUT2D eigenvalue weighted by Crippen LogP contribution is 2.31. The van der Waals surface area contributed by atoms with Crippen molar-refractivity contribution in [3.63, 3.8) is 0 Å². The van der Waals surface area contributed by atoms with Crippen LogP contribution in [0.5, 0.6) is 0 Å². The molecule has 1 N–H and O–H groups in total. The molecule has 0 saturated carbocycles. The summed E-state index contributed by atoms with van der Waals surface area (Å²) in [6, 6.07) is 20.5. The predicted molar refractivity (Wildman–Crippen MR) is 111 cm³/mol. The Kier molecular flexibility index (Phi) is 4.83. The maximum atomic E-state index is 13.0. The van der Waals surface area contributed by atoms with Crippen LogP contribution in [0.2, 0.25) is 5.02 Å². The van der Waals surface area contributed by atoms with Gasteiger partial charge in [0.05, 0.1) is 5.02 Å². The number of anilines is 2. The molecule has 0 aromatic heterocycles. The molecule has 0 atom stereocenters. The maximum absolute atomic E-state index is 13.0. The highest BCUT2D eigenvalue weighted by atomic mass is 35.5. The number of halogens is 1. The van der Waals surface area contributed by atoms with Crippen molar-refractivity contribution in [1.29, 1.82) is 0 Å². The van der Waals surface area contributed by atoms with Crippen LogP contribution in [0.3, 0.4) is 0 Å². The van der Waals surface area contributed by atoms with Gasteiger partial charge in [-0.05, 0) is 48.4 Å². The van der Waals surface area contributed by atoms with Gasteiger partial charge in [-0.2, -0.15) is 0 Å². The van der Waals surface area contributed by atoms with E-state index in [2.05, 4.69) is 4.72 Å².